The molecule has 1 aromatic heterocycles. The van der Waals surface area contributed by atoms with Crippen molar-refractivity contribution in [2.75, 3.05) is 17.6 Å². The van der Waals surface area contributed by atoms with Crippen LogP contribution < -0.4 is 16.8 Å². The monoisotopic (exact) mass is 474 g/mol. The number of benzene rings is 2. The molecule has 1 atom stereocenters. The number of hydrogen-bond acceptors (Lipinski definition) is 5. The van der Waals surface area contributed by atoms with Gasteiger partial charge >= 0.3 is 0 Å². The van der Waals surface area contributed by atoms with Gasteiger partial charge in [-0.2, -0.15) is 0 Å². The van der Waals surface area contributed by atoms with Crippen LogP contribution in [-0.4, -0.2) is 29.6 Å². The van der Waals surface area contributed by atoms with Gasteiger partial charge < -0.3 is 16.8 Å². The van der Waals surface area contributed by atoms with E-state index in [0.717, 1.165) is 15.1 Å². The van der Waals surface area contributed by atoms with E-state index in [2.05, 4.69) is 5.32 Å². The summed E-state index contributed by atoms with van der Waals surface area (Å²) in [6, 6.07) is 18.3. The molecule has 0 saturated carbocycles. The lowest BCUT2D eigenvalue weighted by atomic mass is 9.92. The second-order valence-electron chi connectivity index (χ2n) is 8.02. The van der Waals surface area contributed by atoms with Gasteiger partial charge in [0.2, 0.25) is 15.9 Å². The summed E-state index contributed by atoms with van der Waals surface area (Å²) in [5.41, 5.74) is 15.3. The molecule has 0 radical (unpaired) electrons. The van der Waals surface area contributed by atoms with E-state index in [1.807, 2.05) is 42.5 Å². The van der Waals surface area contributed by atoms with Gasteiger partial charge in [-0.1, -0.05) is 60.7 Å². The van der Waals surface area contributed by atoms with Gasteiger partial charge in [-0.3, -0.25) is 8.77 Å². The smallest absolute Gasteiger partial charge is 0.249 e. The highest BCUT2D eigenvalue weighted by Crippen LogP contribution is 2.33. The lowest BCUT2D eigenvalue weighted by Gasteiger charge is -2.31. The van der Waals surface area contributed by atoms with E-state index in [9.17, 15) is 13.2 Å². The molecule has 3 aromatic rings. The fourth-order valence-electron chi connectivity index (χ4n) is 3.76. The van der Waals surface area contributed by atoms with Gasteiger partial charge in [-0.05, 0) is 47.4 Å². The van der Waals surface area contributed by atoms with Gasteiger partial charge in [0.25, 0.3) is 0 Å². The summed E-state index contributed by atoms with van der Waals surface area (Å²) in [7, 11) is -3.84. The minimum absolute atomic E-state index is 0.0609. The SMILES string of the molecule is NCC1(S(=O)(=O)n2ccc(/C=C/C(=O)Nc3ccccc3N)c2)C=CC(c2ccccc2)=CC1. The quantitative estimate of drug-likeness (QED) is 0.357. The summed E-state index contributed by atoms with van der Waals surface area (Å²) in [5.74, 6) is -0.374. The summed E-state index contributed by atoms with van der Waals surface area (Å²) in [6.45, 7) is -0.0609. The molecule has 4 rings (SSSR count). The first-order valence-electron chi connectivity index (χ1n) is 10.8. The number of nitrogen functional groups attached to an aromatic ring is 1. The molecule has 0 fully saturated rings. The molecule has 34 heavy (non-hydrogen) atoms. The Labute approximate surface area is 199 Å². The second kappa shape index (κ2) is 9.54. The Morgan fingerprint density at radius 3 is 2.50 bits per heavy atom. The lowest BCUT2D eigenvalue weighted by Crippen LogP contribution is -2.47. The average molecular weight is 475 g/mol. The number of amides is 1. The van der Waals surface area contributed by atoms with Gasteiger partial charge in [0.05, 0.1) is 11.4 Å². The molecular formula is C26H26N4O3S. The van der Waals surface area contributed by atoms with Gasteiger partial charge in [0.1, 0.15) is 4.75 Å². The second-order valence-corrected chi connectivity index (χ2v) is 10.2. The Bertz CT molecular complexity index is 1390. The fraction of sp³-hybridized carbons (Fsp3) is 0.115. The number of allylic oxidation sites excluding steroid dienone is 3. The zero-order chi connectivity index (χ0) is 24.2. The van der Waals surface area contributed by atoms with Gasteiger partial charge in [0, 0.05) is 25.0 Å². The maximum absolute atomic E-state index is 13.5. The number of rotatable bonds is 7. The number of carbonyl (C=O) groups is 1. The third-order valence-electron chi connectivity index (χ3n) is 5.81. The standard InChI is InChI=1S/C26H26N4O3S/c27-19-26(15-12-22(13-16-26)21-6-2-1-3-7-21)34(32,33)30-17-14-20(18-30)10-11-25(31)29-24-9-5-4-8-23(24)28/h1-15,17-18H,16,19,27-28H2,(H,29,31)/b11-10+. The van der Waals surface area contributed by atoms with Crippen LogP contribution in [0.15, 0.2) is 97.4 Å². The highest BCUT2D eigenvalue weighted by atomic mass is 32.2. The molecule has 1 amide bonds. The van der Waals surface area contributed by atoms with Crippen molar-refractivity contribution in [3.63, 3.8) is 0 Å². The van der Waals surface area contributed by atoms with Crippen LogP contribution in [0.3, 0.4) is 0 Å². The van der Waals surface area contributed by atoms with Crippen LogP contribution in [0.2, 0.25) is 0 Å². The number of para-hydroxylation sites is 2. The lowest BCUT2D eigenvalue weighted by molar-refractivity contribution is -0.111. The maximum atomic E-state index is 13.5. The molecule has 7 nitrogen and oxygen atoms in total. The molecule has 2 aromatic carbocycles. The summed E-state index contributed by atoms with van der Waals surface area (Å²) < 4.78 is 26.9. The molecule has 1 aliphatic rings. The normalized spacial score (nSPS) is 18.1. The van der Waals surface area contributed by atoms with Crippen molar-refractivity contribution in [2.45, 2.75) is 11.2 Å². The molecule has 0 saturated heterocycles. The topological polar surface area (TPSA) is 120 Å². The molecular weight excluding hydrogens is 448 g/mol. The number of hydrogen-bond donors (Lipinski definition) is 3. The van der Waals surface area contributed by atoms with Crippen LogP contribution >= 0.6 is 0 Å². The Balaban J connectivity index is 1.50. The number of nitrogens with zero attached hydrogens (tertiary/aromatic N) is 1. The first kappa shape index (κ1) is 23.3. The summed E-state index contributed by atoms with van der Waals surface area (Å²) >= 11 is 0. The van der Waals surface area contributed by atoms with Crippen LogP contribution in [0.5, 0.6) is 0 Å². The molecule has 0 spiro atoms. The zero-order valence-corrected chi connectivity index (χ0v) is 19.3. The van der Waals surface area contributed by atoms with Crippen LogP contribution in [0, 0.1) is 0 Å². The first-order valence-corrected chi connectivity index (χ1v) is 12.2. The van der Waals surface area contributed by atoms with Crippen LogP contribution in [-0.2, 0) is 14.8 Å². The van der Waals surface area contributed by atoms with Crippen molar-refractivity contribution < 1.29 is 13.2 Å². The van der Waals surface area contributed by atoms with Crippen molar-refractivity contribution in [3.8, 4) is 0 Å². The molecule has 1 aliphatic carbocycles. The third kappa shape index (κ3) is 4.59. The minimum atomic E-state index is -3.84. The van der Waals surface area contributed by atoms with E-state index in [1.165, 1.54) is 18.5 Å². The number of anilines is 2. The van der Waals surface area contributed by atoms with Crippen molar-refractivity contribution >= 4 is 39.0 Å². The molecule has 174 valence electrons. The van der Waals surface area contributed by atoms with Gasteiger partial charge in [-0.25, -0.2) is 8.42 Å². The molecule has 1 heterocycles. The third-order valence-corrected chi connectivity index (χ3v) is 8.09. The Morgan fingerprint density at radius 1 is 1.09 bits per heavy atom. The fourth-order valence-corrected chi connectivity index (χ4v) is 5.41. The van der Waals surface area contributed by atoms with E-state index in [1.54, 1.807) is 42.5 Å². The largest absolute Gasteiger partial charge is 0.397 e. The summed E-state index contributed by atoms with van der Waals surface area (Å²) in [5, 5.41) is 2.69. The molecule has 0 aliphatic heterocycles. The van der Waals surface area contributed by atoms with Crippen molar-refractivity contribution in [3.05, 3.63) is 108 Å². The first-order chi connectivity index (χ1) is 16.3. The van der Waals surface area contributed by atoms with Crippen molar-refractivity contribution in [1.82, 2.24) is 3.97 Å². The Morgan fingerprint density at radius 2 is 1.82 bits per heavy atom. The van der Waals surface area contributed by atoms with Crippen molar-refractivity contribution in [1.29, 1.82) is 0 Å². The summed E-state index contributed by atoms with van der Waals surface area (Å²) in [4.78, 5) is 12.2. The van der Waals surface area contributed by atoms with Gasteiger partial charge in [-0.15, -0.1) is 0 Å². The number of nitrogens with one attached hydrogen (secondary N) is 1. The summed E-state index contributed by atoms with van der Waals surface area (Å²) in [6.07, 6.45) is 11.5. The minimum Gasteiger partial charge on any atom is -0.397 e. The predicted molar refractivity (Wildman–Crippen MR) is 137 cm³/mol. The van der Waals surface area contributed by atoms with Crippen LogP contribution in [0.1, 0.15) is 17.5 Å². The number of aromatic nitrogens is 1. The van der Waals surface area contributed by atoms with E-state index >= 15 is 0 Å². The predicted octanol–water partition coefficient (Wildman–Crippen LogP) is 3.64. The highest BCUT2D eigenvalue weighted by molar-refractivity contribution is 7.91. The average Bonchev–Trinajstić information content (AvgIpc) is 3.35. The molecule has 0 bridgehead atoms. The number of nitrogens with two attached hydrogens (primary N) is 2. The Hall–Kier alpha value is -3.88. The zero-order valence-electron chi connectivity index (χ0n) is 18.5. The highest BCUT2D eigenvalue weighted by Gasteiger charge is 2.42. The maximum Gasteiger partial charge on any atom is 0.249 e. The molecule has 1 unspecified atom stereocenters. The van der Waals surface area contributed by atoms with E-state index in [0.29, 0.717) is 16.9 Å². The Kier molecular flexibility index (Phi) is 6.54. The number of carbonyl (C=O) groups excluding carboxylic acids is 1. The van der Waals surface area contributed by atoms with Crippen molar-refractivity contribution in [2.24, 2.45) is 5.73 Å². The molecule has 5 N–H and O–H groups in total. The van der Waals surface area contributed by atoms with E-state index < -0.39 is 14.8 Å². The van der Waals surface area contributed by atoms with Gasteiger partial charge in [0.15, 0.2) is 0 Å². The molecule has 8 heteroatoms. The van der Waals surface area contributed by atoms with Crippen LogP contribution in [0.4, 0.5) is 11.4 Å². The van der Waals surface area contributed by atoms with Crippen LogP contribution in [0.25, 0.3) is 11.6 Å². The van der Waals surface area contributed by atoms with E-state index in [4.69, 9.17) is 11.5 Å². The van der Waals surface area contributed by atoms with E-state index in [-0.39, 0.29) is 18.9 Å².